The number of hydrogen-bond donors (Lipinski definition) is 5. The van der Waals surface area contributed by atoms with Crippen molar-refractivity contribution >= 4 is 59.7 Å². The Hall–Kier alpha value is -4.39. The Morgan fingerprint density at radius 3 is 2.14 bits per heavy atom. The van der Waals surface area contributed by atoms with Crippen molar-refractivity contribution in [1.82, 2.24) is 15.0 Å². The van der Waals surface area contributed by atoms with Gasteiger partial charge in [-0.1, -0.05) is 0 Å². The Labute approximate surface area is 206 Å². The van der Waals surface area contributed by atoms with Gasteiger partial charge in [-0.25, -0.2) is 0 Å². The summed E-state index contributed by atoms with van der Waals surface area (Å²) >= 11 is 0. The molecule has 0 bridgehead atoms. The molecule has 0 radical (unpaired) electrons. The van der Waals surface area contributed by atoms with E-state index < -0.39 is 59.6 Å². The Morgan fingerprint density at radius 1 is 0.838 bits per heavy atom. The number of phenolic OH excluding ortho intramolecular Hbond substituents is 1. The molecule has 37 heavy (non-hydrogen) atoms. The van der Waals surface area contributed by atoms with Crippen LogP contribution in [0.3, 0.4) is 0 Å². The van der Waals surface area contributed by atoms with E-state index in [0.29, 0.717) is 0 Å². The molecule has 18 heteroatoms. The fraction of sp³-hybridized carbons (Fsp3) is 0. The molecule has 0 aliphatic rings. The minimum absolute atomic E-state index is 0.0537. The molecule has 14 nitrogen and oxygen atoms in total. The molecule has 0 atom stereocenters. The number of aromatic nitrogens is 3. The largest absolute Gasteiger partial charge is 0.507 e. The first kappa shape index (κ1) is 25.7. The fourth-order valence-electron chi connectivity index (χ4n) is 3.15. The number of hydrogen-bond acceptors (Lipinski definition) is 12. The molecule has 1 aromatic heterocycles. The number of anilines is 3. The molecular weight excluding hydrogens is 540 g/mol. The van der Waals surface area contributed by atoms with Crippen molar-refractivity contribution in [3.05, 3.63) is 54.6 Å². The molecule has 0 aliphatic carbocycles. The molecule has 0 spiro atoms. The predicted octanol–water partition coefficient (Wildman–Crippen LogP) is 3.24. The predicted molar refractivity (Wildman–Crippen MR) is 123 cm³/mol. The van der Waals surface area contributed by atoms with E-state index in [2.05, 4.69) is 30.5 Å². The summed E-state index contributed by atoms with van der Waals surface area (Å²) < 4.78 is 92.5. The van der Waals surface area contributed by atoms with Gasteiger partial charge in [-0.05, 0) is 36.4 Å². The lowest BCUT2D eigenvalue weighted by atomic mass is 10.1. The van der Waals surface area contributed by atoms with Crippen molar-refractivity contribution in [2.75, 3.05) is 11.1 Å². The quantitative estimate of drug-likeness (QED) is 0.132. The highest BCUT2D eigenvalue weighted by molar-refractivity contribution is 7.86. The van der Waals surface area contributed by atoms with Gasteiger partial charge in [0.1, 0.15) is 22.0 Å². The van der Waals surface area contributed by atoms with E-state index in [0.717, 1.165) is 24.3 Å². The molecule has 192 valence electrons. The maximum absolute atomic E-state index is 13.2. The Kier molecular flexibility index (Phi) is 6.42. The summed E-state index contributed by atoms with van der Waals surface area (Å²) in [5, 5.41) is 20.2. The van der Waals surface area contributed by atoms with Crippen LogP contribution in [0.1, 0.15) is 0 Å². The summed E-state index contributed by atoms with van der Waals surface area (Å²) in [5.74, 6) is -1.12. The molecular formula is C19H13F2N7O7S2. The van der Waals surface area contributed by atoms with E-state index in [1.807, 2.05) is 0 Å². The minimum atomic E-state index is -4.93. The third kappa shape index (κ3) is 5.56. The molecule has 3 aromatic carbocycles. The van der Waals surface area contributed by atoms with E-state index in [9.17, 15) is 39.8 Å². The lowest BCUT2D eigenvalue weighted by Crippen LogP contribution is -2.05. The van der Waals surface area contributed by atoms with Gasteiger partial charge < -0.3 is 16.2 Å². The van der Waals surface area contributed by atoms with Crippen LogP contribution in [0, 0.1) is 12.2 Å². The van der Waals surface area contributed by atoms with Gasteiger partial charge in [0.25, 0.3) is 20.2 Å². The lowest BCUT2D eigenvalue weighted by molar-refractivity contribution is 0.457. The van der Waals surface area contributed by atoms with E-state index >= 15 is 0 Å². The van der Waals surface area contributed by atoms with Gasteiger partial charge in [-0.3, -0.25) is 9.11 Å². The highest BCUT2D eigenvalue weighted by atomic mass is 32.2. The number of benzene rings is 3. The normalized spacial score (nSPS) is 12.3. The van der Waals surface area contributed by atoms with Gasteiger partial charge >= 0.3 is 12.2 Å². The van der Waals surface area contributed by atoms with Gasteiger partial charge in [-0.2, -0.15) is 40.6 Å². The van der Waals surface area contributed by atoms with Crippen molar-refractivity contribution in [2.24, 2.45) is 10.2 Å². The smallest absolute Gasteiger partial charge is 0.315 e. The Morgan fingerprint density at radius 2 is 1.51 bits per heavy atom. The molecule has 0 unspecified atom stereocenters. The van der Waals surface area contributed by atoms with E-state index in [1.165, 1.54) is 18.2 Å². The van der Waals surface area contributed by atoms with Crippen LogP contribution in [-0.2, 0) is 20.2 Å². The second-order valence-corrected chi connectivity index (χ2v) is 10.0. The van der Waals surface area contributed by atoms with Crippen LogP contribution in [0.5, 0.6) is 5.75 Å². The van der Waals surface area contributed by atoms with Gasteiger partial charge in [-0.15, -0.1) is 10.2 Å². The van der Waals surface area contributed by atoms with E-state index in [1.54, 1.807) is 0 Å². The van der Waals surface area contributed by atoms with Crippen LogP contribution in [0.25, 0.3) is 10.8 Å². The van der Waals surface area contributed by atoms with Gasteiger partial charge in [0, 0.05) is 22.5 Å². The number of azo groups is 1. The summed E-state index contributed by atoms with van der Waals surface area (Å²) in [6.07, 6.45) is -2.88. The van der Waals surface area contributed by atoms with Crippen molar-refractivity contribution in [1.29, 1.82) is 0 Å². The Balaban J connectivity index is 1.81. The number of nitrogen functional groups attached to an aromatic ring is 1. The summed E-state index contributed by atoms with van der Waals surface area (Å²) in [4.78, 5) is 7.66. The van der Waals surface area contributed by atoms with Crippen LogP contribution in [0.15, 0.2) is 62.5 Å². The average molecular weight is 553 g/mol. The molecule has 4 aromatic rings. The van der Waals surface area contributed by atoms with Gasteiger partial charge in [0.05, 0.1) is 10.6 Å². The lowest BCUT2D eigenvalue weighted by Gasteiger charge is -2.10. The minimum Gasteiger partial charge on any atom is -0.507 e. The number of halogens is 2. The van der Waals surface area contributed by atoms with Crippen LogP contribution in [-0.4, -0.2) is 46.0 Å². The molecule has 0 amide bonds. The molecule has 6 N–H and O–H groups in total. The number of fused-ring (bicyclic) bond motifs is 1. The third-order valence-electron chi connectivity index (χ3n) is 4.72. The maximum Gasteiger partial charge on any atom is 0.315 e. The van der Waals surface area contributed by atoms with Crippen LogP contribution in [0.2, 0.25) is 0 Å². The monoisotopic (exact) mass is 553 g/mol. The number of nitrogens with zero attached hydrogens (tertiary/aromatic N) is 5. The fourth-order valence-corrected chi connectivity index (χ4v) is 4.32. The number of phenols is 1. The zero-order valence-corrected chi connectivity index (χ0v) is 19.5. The first-order valence-electron chi connectivity index (χ1n) is 9.62. The first-order valence-corrected chi connectivity index (χ1v) is 12.5. The first-order chi connectivity index (χ1) is 17.2. The number of aromatic hydroxyl groups is 1. The van der Waals surface area contributed by atoms with Crippen LogP contribution in [0.4, 0.5) is 37.5 Å². The Bertz CT molecular complexity index is 1800. The maximum atomic E-state index is 13.2. The van der Waals surface area contributed by atoms with Crippen molar-refractivity contribution in [3.8, 4) is 5.75 Å². The average Bonchev–Trinajstić information content (AvgIpc) is 2.77. The SMILES string of the molecule is Nc1ccc2c(O)cc(S(=O)(=O)O)cc2c1N=Nc1ccc(Nc2nc(F)nc(F)n2)cc1S(=O)(=O)O. The summed E-state index contributed by atoms with van der Waals surface area (Å²) in [7, 11) is -9.66. The zero-order valence-electron chi connectivity index (χ0n) is 17.9. The van der Waals surface area contributed by atoms with Crippen LogP contribution >= 0.6 is 0 Å². The second kappa shape index (κ2) is 9.24. The molecule has 0 fully saturated rings. The molecule has 0 aliphatic heterocycles. The van der Waals surface area contributed by atoms with E-state index in [-0.39, 0.29) is 27.8 Å². The number of nitrogens with one attached hydrogen (secondary N) is 1. The summed E-state index contributed by atoms with van der Waals surface area (Å²) in [6, 6.07) is 7.54. The zero-order chi connectivity index (χ0) is 27.1. The molecule has 4 rings (SSSR count). The number of nitrogens with two attached hydrogens (primary N) is 1. The second-order valence-electron chi connectivity index (χ2n) is 7.20. The third-order valence-corrected chi connectivity index (χ3v) is 6.43. The standard InChI is InChI=1S/C19H13F2N7O7S2/c20-17-24-18(21)26-19(25-17)23-8-1-4-13(15(5-8)37(33,34)35)27-28-16-11-6-9(36(30,31)32)7-14(29)10(11)2-3-12(16)22/h1-7,29H,22H2,(H,30,31,32)(H,33,34,35)(H,23,24,25,26). The highest BCUT2D eigenvalue weighted by Gasteiger charge is 2.19. The topological polar surface area (TPSA) is 230 Å². The number of rotatable bonds is 6. The summed E-state index contributed by atoms with van der Waals surface area (Å²) in [5.41, 5.74) is 5.11. The van der Waals surface area contributed by atoms with Gasteiger partial charge in [0.15, 0.2) is 0 Å². The molecule has 0 saturated heterocycles. The molecule has 1 heterocycles. The van der Waals surface area contributed by atoms with E-state index in [4.69, 9.17) is 5.73 Å². The van der Waals surface area contributed by atoms with Crippen LogP contribution < -0.4 is 11.1 Å². The van der Waals surface area contributed by atoms with Crippen molar-refractivity contribution < 1.29 is 39.8 Å². The van der Waals surface area contributed by atoms with Crippen molar-refractivity contribution in [3.63, 3.8) is 0 Å². The van der Waals surface area contributed by atoms with Crippen molar-refractivity contribution in [2.45, 2.75) is 9.79 Å². The molecule has 0 saturated carbocycles. The highest BCUT2D eigenvalue weighted by Crippen LogP contribution is 2.39. The van der Waals surface area contributed by atoms with Gasteiger partial charge in [0.2, 0.25) is 5.95 Å². The summed E-state index contributed by atoms with van der Waals surface area (Å²) in [6.45, 7) is 0.